The van der Waals surface area contributed by atoms with Gasteiger partial charge in [-0.1, -0.05) is 0 Å². The molecule has 1 aromatic rings. The monoisotopic (exact) mass is 287 g/mol. The summed E-state index contributed by atoms with van der Waals surface area (Å²) in [7, 11) is 1.64. The summed E-state index contributed by atoms with van der Waals surface area (Å²) in [5.41, 5.74) is 2.29. The van der Waals surface area contributed by atoms with Gasteiger partial charge in [-0.25, -0.2) is 0 Å². The van der Waals surface area contributed by atoms with Crippen LogP contribution in [-0.2, 0) is 11.2 Å². The lowest BCUT2D eigenvalue weighted by atomic mass is 10.0. The molecular formula is C17H21NO3. The van der Waals surface area contributed by atoms with Gasteiger partial charge in [0.2, 0.25) is 6.79 Å². The Kier molecular flexibility index (Phi) is 5.99. The molecule has 1 aliphatic rings. The van der Waals surface area contributed by atoms with Crippen LogP contribution in [0.3, 0.4) is 0 Å². The highest BCUT2D eigenvalue weighted by Crippen LogP contribution is 2.35. The van der Waals surface area contributed by atoms with Gasteiger partial charge in [0.25, 0.3) is 0 Å². The molecule has 0 fully saturated rings. The van der Waals surface area contributed by atoms with Crippen molar-refractivity contribution in [2.75, 3.05) is 27.0 Å². The molecule has 0 amide bonds. The highest BCUT2D eigenvalue weighted by atomic mass is 16.7. The van der Waals surface area contributed by atoms with Crippen molar-refractivity contribution in [3.8, 4) is 23.8 Å². The van der Waals surface area contributed by atoms with Crippen molar-refractivity contribution in [3.63, 3.8) is 0 Å². The summed E-state index contributed by atoms with van der Waals surface area (Å²) in [5, 5.41) is 3.40. The minimum atomic E-state index is 0.288. The molecule has 0 spiro atoms. The van der Waals surface area contributed by atoms with Crippen LogP contribution >= 0.6 is 0 Å². The van der Waals surface area contributed by atoms with Crippen molar-refractivity contribution < 1.29 is 14.2 Å². The summed E-state index contributed by atoms with van der Waals surface area (Å²) in [6.45, 7) is 2.13. The zero-order valence-electron chi connectivity index (χ0n) is 12.4. The van der Waals surface area contributed by atoms with Gasteiger partial charge < -0.3 is 19.5 Å². The van der Waals surface area contributed by atoms with E-state index in [9.17, 15) is 0 Å². The number of benzene rings is 1. The topological polar surface area (TPSA) is 39.7 Å². The van der Waals surface area contributed by atoms with E-state index in [-0.39, 0.29) is 6.79 Å². The van der Waals surface area contributed by atoms with E-state index in [0.717, 1.165) is 49.4 Å². The average molecular weight is 287 g/mol. The van der Waals surface area contributed by atoms with Crippen LogP contribution in [0.25, 0.3) is 6.08 Å². The number of rotatable bonds is 8. The molecule has 0 radical (unpaired) electrons. The van der Waals surface area contributed by atoms with Crippen LogP contribution in [-0.4, -0.2) is 27.0 Å². The zero-order valence-corrected chi connectivity index (χ0v) is 12.4. The molecule has 0 unspecified atom stereocenters. The summed E-state index contributed by atoms with van der Waals surface area (Å²) in [6.07, 6.45) is 11.6. The molecule has 4 heteroatoms. The first-order valence-electron chi connectivity index (χ1n) is 7.11. The third kappa shape index (κ3) is 4.44. The number of methoxy groups -OCH3 is 1. The summed E-state index contributed by atoms with van der Waals surface area (Å²) >= 11 is 0. The predicted molar refractivity (Wildman–Crippen MR) is 83.2 cm³/mol. The van der Waals surface area contributed by atoms with E-state index < -0.39 is 0 Å². The number of hydrogen-bond donors (Lipinski definition) is 1. The SMILES string of the molecule is C#CCCCNCCc1cc2c(cc1/C=C/OC)OCO2. The molecule has 4 nitrogen and oxygen atoms in total. The maximum atomic E-state index is 5.44. The van der Waals surface area contributed by atoms with Crippen LogP contribution in [0.4, 0.5) is 0 Å². The second-order valence-electron chi connectivity index (χ2n) is 4.75. The van der Waals surface area contributed by atoms with E-state index in [1.165, 1.54) is 5.56 Å². The summed E-state index contributed by atoms with van der Waals surface area (Å²) < 4.78 is 15.9. The van der Waals surface area contributed by atoms with E-state index in [1.54, 1.807) is 13.4 Å². The molecule has 112 valence electrons. The molecule has 1 aliphatic heterocycles. The standard InChI is InChI=1S/C17H21NO3/c1-3-4-5-8-18-9-6-14-11-16-17(21-13-20-16)12-15(14)7-10-19-2/h1,7,10-12,18H,4-6,8-9,13H2,2H3/b10-7+. The first-order chi connectivity index (χ1) is 10.3. The van der Waals surface area contributed by atoms with Gasteiger partial charge in [-0.3, -0.25) is 0 Å². The van der Waals surface area contributed by atoms with Crippen molar-refractivity contribution in [3.05, 3.63) is 29.5 Å². The number of unbranched alkanes of at least 4 members (excludes halogenated alkanes) is 1. The smallest absolute Gasteiger partial charge is 0.231 e. The van der Waals surface area contributed by atoms with Crippen molar-refractivity contribution in [2.45, 2.75) is 19.3 Å². The zero-order chi connectivity index (χ0) is 14.9. The molecule has 2 rings (SSSR count). The summed E-state index contributed by atoms with van der Waals surface area (Å²) in [4.78, 5) is 0. The Bertz CT molecular complexity index is 532. The third-order valence-electron chi connectivity index (χ3n) is 3.26. The van der Waals surface area contributed by atoms with Crippen LogP contribution in [0.5, 0.6) is 11.5 Å². The van der Waals surface area contributed by atoms with Gasteiger partial charge in [0.05, 0.1) is 13.4 Å². The normalized spacial score (nSPS) is 12.6. The fraction of sp³-hybridized carbons (Fsp3) is 0.412. The minimum Gasteiger partial charge on any atom is -0.504 e. The lowest BCUT2D eigenvalue weighted by molar-refractivity contribution is 0.174. The molecule has 0 aliphatic carbocycles. The summed E-state index contributed by atoms with van der Waals surface area (Å²) in [6, 6.07) is 4.03. The number of hydrogen-bond acceptors (Lipinski definition) is 4. The molecule has 21 heavy (non-hydrogen) atoms. The maximum absolute atomic E-state index is 5.44. The Hall–Kier alpha value is -2.12. The van der Waals surface area contributed by atoms with Gasteiger partial charge >= 0.3 is 0 Å². The van der Waals surface area contributed by atoms with Crippen LogP contribution in [0, 0.1) is 12.3 Å². The van der Waals surface area contributed by atoms with Crippen LogP contribution in [0.1, 0.15) is 24.0 Å². The molecule has 1 heterocycles. The molecular weight excluding hydrogens is 266 g/mol. The Balaban J connectivity index is 1.96. The number of nitrogens with one attached hydrogen (secondary N) is 1. The van der Waals surface area contributed by atoms with E-state index >= 15 is 0 Å². The van der Waals surface area contributed by atoms with Crippen LogP contribution < -0.4 is 14.8 Å². The Labute approximate surface area is 126 Å². The second-order valence-corrected chi connectivity index (χ2v) is 4.75. The molecule has 0 bridgehead atoms. The van der Waals surface area contributed by atoms with Crippen LogP contribution in [0.2, 0.25) is 0 Å². The number of terminal acetylenes is 1. The van der Waals surface area contributed by atoms with Gasteiger partial charge in [0.1, 0.15) is 0 Å². The van der Waals surface area contributed by atoms with Crippen molar-refractivity contribution in [1.29, 1.82) is 0 Å². The summed E-state index contributed by atoms with van der Waals surface area (Å²) in [5.74, 6) is 4.24. The molecule has 1 aromatic carbocycles. The maximum Gasteiger partial charge on any atom is 0.231 e. The minimum absolute atomic E-state index is 0.288. The first-order valence-corrected chi connectivity index (χ1v) is 7.11. The Morgan fingerprint density at radius 2 is 2.14 bits per heavy atom. The van der Waals surface area contributed by atoms with E-state index in [1.807, 2.05) is 18.2 Å². The molecule has 1 N–H and O–H groups in total. The lowest BCUT2D eigenvalue weighted by Gasteiger charge is -2.09. The van der Waals surface area contributed by atoms with E-state index in [2.05, 4.69) is 11.2 Å². The van der Waals surface area contributed by atoms with Crippen molar-refractivity contribution in [1.82, 2.24) is 5.32 Å². The highest BCUT2D eigenvalue weighted by Gasteiger charge is 2.16. The van der Waals surface area contributed by atoms with E-state index in [0.29, 0.717) is 0 Å². The molecule has 0 saturated heterocycles. The fourth-order valence-electron chi connectivity index (χ4n) is 2.18. The highest BCUT2D eigenvalue weighted by molar-refractivity contribution is 5.60. The predicted octanol–water partition coefficient (Wildman–Crippen LogP) is 2.58. The van der Waals surface area contributed by atoms with Gasteiger partial charge in [-0.05, 0) is 55.3 Å². The van der Waals surface area contributed by atoms with Crippen molar-refractivity contribution >= 4 is 6.08 Å². The third-order valence-corrected chi connectivity index (χ3v) is 3.26. The molecule has 0 saturated carbocycles. The Morgan fingerprint density at radius 1 is 1.33 bits per heavy atom. The second kappa shape index (κ2) is 8.23. The molecule has 0 aromatic heterocycles. The number of fused-ring (bicyclic) bond motifs is 1. The first kappa shape index (κ1) is 15.3. The quantitative estimate of drug-likeness (QED) is 0.453. The van der Waals surface area contributed by atoms with Gasteiger partial charge in [0, 0.05) is 6.42 Å². The van der Waals surface area contributed by atoms with Gasteiger partial charge in [-0.15, -0.1) is 12.3 Å². The van der Waals surface area contributed by atoms with Crippen LogP contribution in [0.15, 0.2) is 18.4 Å². The average Bonchev–Trinajstić information content (AvgIpc) is 2.95. The largest absolute Gasteiger partial charge is 0.504 e. The fourth-order valence-corrected chi connectivity index (χ4v) is 2.18. The Morgan fingerprint density at radius 3 is 2.90 bits per heavy atom. The van der Waals surface area contributed by atoms with E-state index in [4.69, 9.17) is 20.6 Å². The van der Waals surface area contributed by atoms with Gasteiger partial charge in [-0.2, -0.15) is 0 Å². The van der Waals surface area contributed by atoms with Crippen molar-refractivity contribution in [2.24, 2.45) is 0 Å². The van der Waals surface area contributed by atoms with Gasteiger partial charge in [0.15, 0.2) is 11.5 Å². The lowest BCUT2D eigenvalue weighted by Crippen LogP contribution is -2.18. The molecule has 0 atom stereocenters. The number of ether oxygens (including phenoxy) is 3.